The molecule has 0 fully saturated rings. The smallest absolute Gasteiger partial charge is 0.253 e. The molecule has 1 amide bonds. The van der Waals surface area contributed by atoms with Crippen molar-refractivity contribution in [3.8, 4) is 5.75 Å². The summed E-state index contributed by atoms with van der Waals surface area (Å²) in [4.78, 5) is 18.0. The highest BCUT2D eigenvalue weighted by Crippen LogP contribution is 2.24. The number of amides is 1. The average Bonchev–Trinajstić information content (AvgIpc) is 2.59. The molecule has 0 atom stereocenters. The minimum Gasteiger partial charge on any atom is -0.487 e. The maximum absolute atomic E-state index is 11.9. The lowest BCUT2D eigenvalue weighted by Gasteiger charge is -2.11. The number of aromatic nitrogens is 1. The van der Waals surface area contributed by atoms with Crippen molar-refractivity contribution in [3.05, 3.63) is 71.4 Å². The topological polar surface area (TPSA) is 42.4 Å². The first-order valence-electron chi connectivity index (χ1n) is 7.84. The van der Waals surface area contributed by atoms with Crippen LogP contribution in [0.5, 0.6) is 5.75 Å². The summed E-state index contributed by atoms with van der Waals surface area (Å²) < 4.78 is 5.95. The molecule has 24 heavy (non-hydrogen) atoms. The van der Waals surface area contributed by atoms with Crippen molar-refractivity contribution in [1.82, 2.24) is 9.88 Å². The summed E-state index contributed by atoms with van der Waals surface area (Å²) in [6.45, 7) is 2.40. The zero-order valence-corrected chi connectivity index (χ0v) is 14.1. The lowest BCUT2D eigenvalue weighted by Crippen LogP contribution is -2.21. The normalized spacial score (nSPS) is 10.6. The summed E-state index contributed by atoms with van der Waals surface area (Å²) in [5, 5.41) is 1.06. The SMILES string of the molecule is Cc1ccc2cccc(OCc3ccc(C(=O)N(C)C)cc3)c2n1. The van der Waals surface area contributed by atoms with Crippen LogP contribution in [-0.2, 0) is 6.61 Å². The van der Waals surface area contributed by atoms with E-state index in [1.807, 2.05) is 61.5 Å². The van der Waals surface area contributed by atoms with E-state index < -0.39 is 0 Å². The predicted molar refractivity (Wildman–Crippen MR) is 95.3 cm³/mol. The Morgan fingerprint density at radius 1 is 1.04 bits per heavy atom. The Balaban J connectivity index is 1.77. The second-order valence-electron chi connectivity index (χ2n) is 5.97. The maximum Gasteiger partial charge on any atom is 0.253 e. The van der Waals surface area contributed by atoms with Gasteiger partial charge in [0.25, 0.3) is 5.91 Å². The number of para-hydroxylation sites is 1. The third-order valence-electron chi connectivity index (χ3n) is 3.82. The fourth-order valence-electron chi connectivity index (χ4n) is 2.50. The highest BCUT2D eigenvalue weighted by atomic mass is 16.5. The molecule has 0 bridgehead atoms. The van der Waals surface area contributed by atoms with Crippen molar-refractivity contribution >= 4 is 16.8 Å². The summed E-state index contributed by atoms with van der Waals surface area (Å²) in [7, 11) is 3.49. The third kappa shape index (κ3) is 3.38. The Kier molecular flexibility index (Phi) is 4.47. The van der Waals surface area contributed by atoms with Crippen LogP contribution in [0.25, 0.3) is 10.9 Å². The van der Waals surface area contributed by atoms with Gasteiger partial charge in [0.2, 0.25) is 0 Å². The first-order chi connectivity index (χ1) is 11.5. The quantitative estimate of drug-likeness (QED) is 0.734. The van der Waals surface area contributed by atoms with E-state index in [1.165, 1.54) is 0 Å². The van der Waals surface area contributed by atoms with Crippen LogP contribution in [-0.4, -0.2) is 29.9 Å². The van der Waals surface area contributed by atoms with E-state index in [0.29, 0.717) is 12.2 Å². The van der Waals surface area contributed by atoms with Gasteiger partial charge in [0, 0.05) is 30.7 Å². The molecular weight excluding hydrogens is 300 g/mol. The van der Waals surface area contributed by atoms with E-state index in [1.54, 1.807) is 19.0 Å². The molecule has 0 aliphatic rings. The number of aryl methyl sites for hydroxylation is 1. The van der Waals surface area contributed by atoms with Gasteiger partial charge in [0.1, 0.15) is 17.9 Å². The molecule has 1 aromatic heterocycles. The molecule has 122 valence electrons. The monoisotopic (exact) mass is 320 g/mol. The molecule has 0 aliphatic heterocycles. The molecule has 0 saturated heterocycles. The van der Waals surface area contributed by atoms with Gasteiger partial charge >= 0.3 is 0 Å². The number of ether oxygens (including phenoxy) is 1. The number of hydrogen-bond acceptors (Lipinski definition) is 3. The Morgan fingerprint density at radius 3 is 2.50 bits per heavy atom. The zero-order chi connectivity index (χ0) is 17.1. The second-order valence-corrected chi connectivity index (χ2v) is 5.97. The fraction of sp³-hybridized carbons (Fsp3) is 0.200. The van der Waals surface area contributed by atoms with Gasteiger partial charge in [0.15, 0.2) is 0 Å². The van der Waals surface area contributed by atoms with Crippen molar-refractivity contribution in [2.45, 2.75) is 13.5 Å². The molecule has 0 aliphatic carbocycles. The van der Waals surface area contributed by atoms with Crippen LogP contribution in [0.1, 0.15) is 21.6 Å². The molecule has 2 aromatic carbocycles. The van der Waals surface area contributed by atoms with E-state index in [-0.39, 0.29) is 5.91 Å². The summed E-state index contributed by atoms with van der Waals surface area (Å²) in [5.41, 5.74) is 3.52. The predicted octanol–water partition coefficient (Wildman–Crippen LogP) is 3.82. The van der Waals surface area contributed by atoms with E-state index in [9.17, 15) is 4.79 Å². The maximum atomic E-state index is 11.9. The second kappa shape index (κ2) is 6.71. The van der Waals surface area contributed by atoms with Crippen LogP contribution >= 0.6 is 0 Å². The number of pyridine rings is 1. The van der Waals surface area contributed by atoms with E-state index in [0.717, 1.165) is 27.9 Å². The number of hydrogen-bond donors (Lipinski definition) is 0. The van der Waals surface area contributed by atoms with Crippen LogP contribution in [0.15, 0.2) is 54.6 Å². The standard InChI is InChI=1S/C20H20N2O2/c1-14-7-10-16-5-4-6-18(19(16)21-14)24-13-15-8-11-17(12-9-15)20(23)22(2)3/h4-12H,13H2,1-3H3. The zero-order valence-electron chi connectivity index (χ0n) is 14.1. The Labute approximate surface area is 141 Å². The summed E-state index contributed by atoms with van der Waals surface area (Å²) in [6, 6.07) is 17.4. The van der Waals surface area contributed by atoms with Crippen molar-refractivity contribution in [2.75, 3.05) is 14.1 Å². The number of nitrogens with zero attached hydrogens (tertiary/aromatic N) is 2. The van der Waals surface area contributed by atoms with E-state index in [2.05, 4.69) is 4.98 Å². The lowest BCUT2D eigenvalue weighted by molar-refractivity contribution is 0.0827. The average molecular weight is 320 g/mol. The molecule has 4 heteroatoms. The summed E-state index contributed by atoms with van der Waals surface area (Å²) >= 11 is 0. The minimum atomic E-state index is -0.00352. The molecule has 3 aromatic rings. The van der Waals surface area contributed by atoms with Gasteiger partial charge in [-0.1, -0.05) is 30.3 Å². The number of fused-ring (bicyclic) bond motifs is 1. The first-order valence-corrected chi connectivity index (χ1v) is 7.84. The van der Waals surface area contributed by atoms with Crippen LogP contribution < -0.4 is 4.74 Å². The van der Waals surface area contributed by atoms with Crippen LogP contribution in [0.2, 0.25) is 0 Å². The van der Waals surface area contributed by atoms with E-state index in [4.69, 9.17) is 4.74 Å². The molecule has 3 rings (SSSR count). The number of carbonyl (C=O) groups excluding carboxylic acids is 1. The van der Waals surface area contributed by atoms with Gasteiger partial charge < -0.3 is 9.64 Å². The van der Waals surface area contributed by atoms with Crippen LogP contribution in [0.3, 0.4) is 0 Å². The number of carbonyl (C=O) groups is 1. The lowest BCUT2D eigenvalue weighted by atomic mass is 10.1. The molecule has 0 N–H and O–H groups in total. The Bertz CT molecular complexity index is 870. The molecule has 1 heterocycles. The van der Waals surface area contributed by atoms with Gasteiger partial charge in [-0.05, 0) is 36.8 Å². The van der Waals surface area contributed by atoms with Crippen LogP contribution in [0.4, 0.5) is 0 Å². The third-order valence-corrected chi connectivity index (χ3v) is 3.82. The fourth-order valence-corrected chi connectivity index (χ4v) is 2.50. The van der Waals surface area contributed by atoms with Crippen LogP contribution in [0, 0.1) is 6.92 Å². The van der Waals surface area contributed by atoms with Crippen molar-refractivity contribution in [1.29, 1.82) is 0 Å². The van der Waals surface area contributed by atoms with Gasteiger partial charge in [-0.15, -0.1) is 0 Å². The van der Waals surface area contributed by atoms with Crippen molar-refractivity contribution in [3.63, 3.8) is 0 Å². The largest absolute Gasteiger partial charge is 0.487 e. The molecule has 0 unspecified atom stereocenters. The van der Waals surface area contributed by atoms with Crippen molar-refractivity contribution in [2.24, 2.45) is 0 Å². The molecule has 4 nitrogen and oxygen atoms in total. The van der Waals surface area contributed by atoms with Gasteiger partial charge in [-0.3, -0.25) is 4.79 Å². The minimum absolute atomic E-state index is 0.00352. The Morgan fingerprint density at radius 2 is 1.79 bits per heavy atom. The van der Waals surface area contributed by atoms with Gasteiger partial charge in [-0.2, -0.15) is 0 Å². The number of rotatable bonds is 4. The first kappa shape index (κ1) is 16.0. The molecule has 0 radical (unpaired) electrons. The molecular formula is C20H20N2O2. The summed E-state index contributed by atoms with van der Waals surface area (Å²) in [5.74, 6) is 0.765. The summed E-state index contributed by atoms with van der Waals surface area (Å²) in [6.07, 6.45) is 0. The van der Waals surface area contributed by atoms with Gasteiger partial charge in [-0.25, -0.2) is 4.98 Å². The number of benzene rings is 2. The van der Waals surface area contributed by atoms with Crippen molar-refractivity contribution < 1.29 is 9.53 Å². The Hall–Kier alpha value is -2.88. The highest BCUT2D eigenvalue weighted by molar-refractivity contribution is 5.93. The molecule has 0 spiro atoms. The van der Waals surface area contributed by atoms with E-state index >= 15 is 0 Å². The highest BCUT2D eigenvalue weighted by Gasteiger charge is 2.08. The van der Waals surface area contributed by atoms with Gasteiger partial charge in [0.05, 0.1) is 0 Å². The molecule has 0 saturated carbocycles.